The second-order valence-electron chi connectivity index (χ2n) is 8.22. The molecule has 0 aromatic heterocycles. The SMILES string of the molecule is Cc1ccc([C@]23CCC(=O)N2[C@H](C(=O)OCCN2C(=O)c4ccccc4C2=O)CS3)cc1. The number of esters is 1. The number of carbonyl (C=O) groups excluding carboxylic acids is 4. The Kier molecular flexibility index (Phi) is 5.04. The molecule has 7 nitrogen and oxygen atoms in total. The van der Waals surface area contributed by atoms with Crippen molar-refractivity contribution in [2.24, 2.45) is 0 Å². The van der Waals surface area contributed by atoms with Crippen LogP contribution in [0.3, 0.4) is 0 Å². The highest BCUT2D eigenvalue weighted by Gasteiger charge is 2.57. The van der Waals surface area contributed by atoms with Crippen LogP contribution in [0.1, 0.15) is 44.7 Å². The molecule has 0 N–H and O–H groups in total. The van der Waals surface area contributed by atoms with Crippen LogP contribution in [0.25, 0.3) is 0 Å². The van der Waals surface area contributed by atoms with E-state index < -0.39 is 16.9 Å². The molecule has 3 aliphatic rings. The van der Waals surface area contributed by atoms with Crippen LogP contribution >= 0.6 is 11.8 Å². The number of imide groups is 1. The van der Waals surface area contributed by atoms with Crippen LogP contribution in [0, 0.1) is 6.92 Å². The first-order valence-corrected chi connectivity index (χ1v) is 11.6. The number of carbonyl (C=O) groups is 4. The van der Waals surface area contributed by atoms with Crippen LogP contribution in [-0.4, -0.2) is 58.4 Å². The summed E-state index contributed by atoms with van der Waals surface area (Å²) >= 11 is 1.60. The van der Waals surface area contributed by atoms with Gasteiger partial charge in [0, 0.05) is 12.2 Å². The average Bonchev–Trinajstić information content (AvgIpc) is 3.42. The van der Waals surface area contributed by atoms with E-state index in [2.05, 4.69) is 0 Å². The number of ether oxygens (including phenoxy) is 1. The molecule has 2 aromatic carbocycles. The van der Waals surface area contributed by atoms with E-state index in [9.17, 15) is 19.2 Å². The quantitative estimate of drug-likeness (QED) is 0.515. The Morgan fingerprint density at radius 3 is 2.38 bits per heavy atom. The lowest BCUT2D eigenvalue weighted by molar-refractivity contribution is -0.154. The van der Waals surface area contributed by atoms with E-state index in [0.717, 1.165) is 16.0 Å². The fourth-order valence-corrected chi connectivity index (χ4v) is 6.34. The Bertz CT molecular complexity index is 1100. The van der Waals surface area contributed by atoms with Gasteiger partial charge in [-0.05, 0) is 31.0 Å². The number of rotatable bonds is 5. The number of nitrogens with zero attached hydrogens (tertiary/aromatic N) is 2. The van der Waals surface area contributed by atoms with Crippen molar-refractivity contribution < 1.29 is 23.9 Å². The molecule has 0 unspecified atom stereocenters. The van der Waals surface area contributed by atoms with E-state index in [1.807, 2.05) is 31.2 Å². The van der Waals surface area contributed by atoms with Gasteiger partial charge in [-0.25, -0.2) is 4.79 Å². The molecule has 0 saturated carbocycles. The molecule has 5 rings (SSSR count). The molecular formula is C24H22N2O5S. The summed E-state index contributed by atoms with van der Waals surface area (Å²) in [7, 11) is 0. The molecule has 3 amide bonds. The van der Waals surface area contributed by atoms with Gasteiger partial charge in [0.1, 0.15) is 17.5 Å². The maximum Gasteiger partial charge on any atom is 0.329 e. The second-order valence-corrected chi connectivity index (χ2v) is 9.51. The molecule has 0 spiro atoms. The second kappa shape index (κ2) is 7.78. The number of thioether (sulfide) groups is 1. The molecule has 2 aromatic rings. The summed E-state index contributed by atoms with van der Waals surface area (Å²) in [4.78, 5) is 52.8. The summed E-state index contributed by atoms with van der Waals surface area (Å²) in [5.41, 5.74) is 2.87. The molecule has 0 bridgehead atoms. The van der Waals surface area contributed by atoms with Gasteiger partial charge in [0.2, 0.25) is 5.91 Å². The minimum Gasteiger partial charge on any atom is -0.462 e. The Balaban J connectivity index is 1.26. The molecular weight excluding hydrogens is 428 g/mol. The van der Waals surface area contributed by atoms with E-state index in [0.29, 0.717) is 29.7 Å². The van der Waals surface area contributed by atoms with Crippen LogP contribution in [0.2, 0.25) is 0 Å². The zero-order valence-electron chi connectivity index (χ0n) is 17.6. The van der Waals surface area contributed by atoms with Crippen LogP contribution in [0.15, 0.2) is 48.5 Å². The number of amides is 3. The fourth-order valence-electron chi connectivity index (χ4n) is 4.71. The standard InChI is InChI=1S/C24H22N2O5S/c1-15-6-8-16(9-7-15)24-11-10-20(27)26(24)19(14-32-24)23(30)31-13-12-25-21(28)17-4-2-3-5-18(17)22(25)29/h2-9,19H,10-14H2,1H3/t19-,24+/m0/s1. The molecule has 3 aliphatic heterocycles. The fraction of sp³-hybridized carbons (Fsp3) is 0.333. The Labute approximate surface area is 189 Å². The maximum absolute atomic E-state index is 12.9. The van der Waals surface area contributed by atoms with E-state index in [-0.39, 0.29) is 30.9 Å². The summed E-state index contributed by atoms with van der Waals surface area (Å²) in [5, 5.41) is 0. The van der Waals surface area contributed by atoms with E-state index in [4.69, 9.17) is 4.74 Å². The molecule has 32 heavy (non-hydrogen) atoms. The first-order valence-electron chi connectivity index (χ1n) is 10.6. The van der Waals surface area contributed by atoms with Crippen LogP contribution in [0.5, 0.6) is 0 Å². The van der Waals surface area contributed by atoms with Crippen LogP contribution in [-0.2, 0) is 19.2 Å². The number of fused-ring (bicyclic) bond motifs is 2. The molecule has 3 heterocycles. The molecule has 0 radical (unpaired) electrons. The van der Waals surface area contributed by atoms with Crippen molar-refractivity contribution in [1.82, 2.24) is 9.80 Å². The highest BCUT2D eigenvalue weighted by molar-refractivity contribution is 8.00. The Hall–Kier alpha value is -3.13. The number of hydrogen-bond acceptors (Lipinski definition) is 6. The van der Waals surface area contributed by atoms with Crippen molar-refractivity contribution in [2.45, 2.75) is 30.7 Å². The summed E-state index contributed by atoms with van der Waals surface area (Å²) in [6.45, 7) is 1.88. The first kappa shape index (κ1) is 20.8. The van der Waals surface area contributed by atoms with Gasteiger partial charge in [0.25, 0.3) is 11.8 Å². The van der Waals surface area contributed by atoms with Gasteiger partial charge in [-0.15, -0.1) is 11.8 Å². The Morgan fingerprint density at radius 1 is 1.06 bits per heavy atom. The third-order valence-electron chi connectivity index (χ3n) is 6.34. The largest absolute Gasteiger partial charge is 0.462 e. The highest BCUT2D eigenvalue weighted by Crippen LogP contribution is 2.54. The molecule has 8 heteroatoms. The lowest BCUT2D eigenvalue weighted by Gasteiger charge is -2.33. The molecule has 2 saturated heterocycles. The minimum atomic E-state index is -0.682. The van der Waals surface area contributed by atoms with Gasteiger partial charge in [-0.1, -0.05) is 42.0 Å². The monoisotopic (exact) mass is 450 g/mol. The number of aryl methyl sites for hydroxylation is 1. The van der Waals surface area contributed by atoms with Crippen molar-refractivity contribution in [3.8, 4) is 0 Å². The predicted molar refractivity (Wildman–Crippen MR) is 118 cm³/mol. The first-order chi connectivity index (χ1) is 15.4. The van der Waals surface area contributed by atoms with Gasteiger partial charge < -0.3 is 9.64 Å². The predicted octanol–water partition coefficient (Wildman–Crippen LogP) is 2.73. The number of hydrogen-bond donors (Lipinski definition) is 0. The van der Waals surface area contributed by atoms with Crippen molar-refractivity contribution in [2.75, 3.05) is 18.9 Å². The third kappa shape index (κ3) is 3.12. The summed E-state index contributed by atoms with van der Waals surface area (Å²) in [5.74, 6) is -0.876. The zero-order valence-corrected chi connectivity index (χ0v) is 18.4. The topological polar surface area (TPSA) is 84.0 Å². The number of benzene rings is 2. The lowest BCUT2D eigenvalue weighted by atomic mass is 10.0. The van der Waals surface area contributed by atoms with Crippen LogP contribution < -0.4 is 0 Å². The molecule has 2 fully saturated rings. The summed E-state index contributed by atoms with van der Waals surface area (Å²) < 4.78 is 5.45. The average molecular weight is 451 g/mol. The smallest absolute Gasteiger partial charge is 0.329 e. The lowest BCUT2D eigenvalue weighted by Crippen LogP contribution is -2.47. The molecule has 0 aliphatic carbocycles. The van der Waals surface area contributed by atoms with Crippen molar-refractivity contribution >= 4 is 35.5 Å². The third-order valence-corrected chi connectivity index (χ3v) is 7.94. The van der Waals surface area contributed by atoms with Gasteiger partial charge in [0.05, 0.1) is 17.7 Å². The molecule has 164 valence electrons. The van der Waals surface area contributed by atoms with Gasteiger partial charge >= 0.3 is 5.97 Å². The van der Waals surface area contributed by atoms with Crippen molar-refractivity contribution in [3.05, 3.63) is 70.8 Å². The van der Waals surface area contributed by atoms with Gasteiger partial charge in [0.15, 0.2) is 0 Å². The van der Waals surface area contributed by atoms with Gasteiger partial charge in [-0.3, -0.25) is 19.3 Å². The van der Waals surface area contributed by atoms with E-state index in [1.165, 1.54) is 0 Å². The normalized spacial score (nSPS) is 24.2. The summed E-state index contributed by atoms with van der Waals surface area (Å²) in [6, 6.07) is 14.0. The molecule has 2 atom stereocenters. The Morgan fingerprint density at radius 2 is 1.72 bits per heavy atom. The van der Waals surface area contributed by atoms with E-state index >= 15 is 0 Å². The maximum atomic E-state index is 12.9. The summed E-state index contributed by atoms with van der Waals surface area (Å²) in [6.07, 6.45) is 1.04. The zero-order chi connectivity index (χ0) is 22.5. The highest BCUT2D eigenvalue weighted by atomic mass is 32.2. The van der Waals surface area contributed by atoms with Crippen LogP contribution in [0.4, 0.5) is 0 Å². The van der Waals surface area contributed by atoms with E-state index in [1.54, 1.807) is 40.9 Å². The van der Waals surface area contributed by atoms with Crippen molar-refractivity contribution in [3.63, 3.8) is 0 Å². The van der Waals surface area contributed by atoms with Crippen molar-refractivity contribution in [1.29, 1.82) is 0 Å². The van der Waals surface area contributed by atoms with Gasteiger partial charge in [-0.2, -0.15) is 0 Å². The minimum absolute atomic E-state index is 0.0188.